The molecular weight excluding hydrogens is 295 g/mol. The van der Waals surface area contributed by atoms with E-state index in [1.807, 2.05) is 6.07 Å². The average molecular weight is 308 g/mol. The number of hydrogen-bond donors (Lipinski definition) is 1. The maximum absolute atomic E-state index is 13.7. The molecule has 0 fully saturated rings. The molecule has 0 saturated heterocycles. The summed E-state index contributed by atoms with van der Waals surface area (Å²) in [5.74, 6) is 0.116. The van der Waals surface area contributed by atoms with Crippen LogP contribution < -0.4 is 5.32 Å². The second-order valence-corrected chi connectivity index (χ2v) is 6.21. The van der Waals surface area contributed by atoms with Crippen molar-refractivity contribution in [3.05, 3.63) is 35.1 Å². The molecule has 7 heteroatoms. The zero-order chi connectivity index (χ0) is 14.4. The molecule has 0 atom stereocenters. The Bertz CT molecular complexity index is 621. The highest BCUT2D eigenvalue weighted by molar-refractivity contribution is 8.00. The Kier molecular flexibility index (Phi) is 5.32. The van der Waals surface area contributed by atoms with Crippen LogP contribution in [0.2, 0.25) is 0 Å². The van der Waals surface area contributed by atoms with Gasteiger partial charge in [0.05, 0.1) is 11.6 Å². The molecule has 0 aliphatic rings. The summed E-state index contributed by atoms with van der Waals surface area (Å²) < 4.78 is 14.5. The van der Waals surface area contributed by atoms with Gasteiger partial charge in [-0.05, 0) is 24.1 Å². The number of anilines is 1. The van der Waals surface area contributed by atoms with Crippen molar-refractivity contribution in [2.24, 2.45) is 0 Å². The lowest BCUT2D eigenvalue weighted by molar-refractivity contribution is 0.617. The van der Waals surface area contributed by atoms with Crippen LogP contribution in [0.25, 0.3) is 0 Å². The van der Waals surface area contributed by atoms with Gasteiger partial charge in [0.25, 0.3) is 0 Å². The fourth-order valence-electron chi connectivity index (χ4n) is 1.44. The third-order valence-electron chi connectivity index (χ3n) is 2.47. The van der Waals surface area contributed by atoms with E-state index in [-0.39, 0.29) is 5.82 Å². The van der Waals surface area contributed by atoms with Crippen molar-refractivity contribution in [1.29, 1.82) is 5.26 Å². The Labute approximate surface area is 125 Å². The molecule has 0 aliphatic heterocycles. The van der Waals surface area contributed by atoms with Gasteiger partial charge < -0.3 is 5.32 Å². The van der Waals surface area contributed by atoms with Gasteiger partial charge in [0.1, 0.15) is 5.82 Å². The Balaban J connectivity index is 1.95. The maximum Gasteiger partial charge on any atom is 0.206 e. The van der Waals surface area contributed by atoms with Crippen LogP contribution >= 0.6 is 23.1 Å². The van der Waals surface area contributed by atoms with Gasteiger partial charge in [0, 0.05) is 12.3 Å². The van der Waals surface area contributed by atoms with E-state index in [4.69, 9.17) is 5.26 Å². The van der Waals surface area contributed by atoms with Gasteiger partial charge in [-0.2, -0.15) is 5.26 Å². The van der Waals surface area contributed by atoms with Gasteiger partial charge in [0.2, 0.25) is 5.13 Å². The van der Waals surface area contributed by atoms with Crippen molar-refractivity contribution in [3.8, 4) is 6.07 Å². The highest BCUT2D eigenvalue weighted by Gasteiger charge is 2.08. The van der Waals surface area contributed by atoms with E-state index >= 15 is 0 Å². The summed E-state index contributed by atoms with van der Waals surface area (Å²) in [5.41, 5.74) is 0.894. The normalized spacial score (nSPS) is 10.2. The van der Waals surface area contributed by atoms with E-state index in [0.29, 0.717) is 16.9 Å². The van der Waals surface area contributed by atoms with E-state index in [2.05, 4.69) is 22.4 Å². The second kappa shape index (κ2) is 7.22. The first-order valence-electron chi connectivity index (χ1n) is 6.11. The van der Waals surface area contributed by atoms with Gasteiger partial charge in [-0.15, -0.1) is 10.2 Å². The smallest absolute Gasteiger partial charge is 0.206 e. The minimum atomic E-state index is -0.356. The number of thioether (sulfide) groups is 1. The number of hydrogen-bond acceptors (Lipinski definition) is 6. The van der Waals surface area contributed by atoms with Crippen molar-refractivity contribution in [3.63, 3.8) is 0 Å². The SMILES string of the molecule is CCCNc1nnc(SCc2ccc(C#N)cc2F)s1. The van der Waals surface area contributed by atoms with E-state index in [9.17, 15) is 4.39 Å². The van der Waals surface area contributed by atoms with E-state index < -0.39 is 0 Å². The molecule has 1 heterocycles. The topological polar surface area (TPSA) is 61.6 Å². The first kappa shape index (κ1) is 14.8. The lowest BCUT2D eigenvalue weighted by Gasteiger charge is -2.01. The van der Waals surface area contributed by atoms with Gasteiger partial charge in [0.15, 0.2) is 4.34 Å². The molecule has 20 heavy (non-hydrogen) atoms. The quantitative estimate of drug-likeness (QED) is 0.825. The number of halogens is 1. The lowest BCUT2D eigenvalue weighted by atomic mass is 10.1. The maximum atomic E-state index is 13.7. The Morgan fingerprint density at radius 2 is 2.30 bits per heavy atom. The molecular formula is C13H13FN4S2. The number of nitriles is 1. The summed E-state index contributed by atoms with van der Waals surface area (Å²) in [4.78, 5) is 0. The van der Waals surface area contributed by atoms with Crippen LogP contribution in [0.15, 0.2) is 22.5 Å². The molecule has 0 unspecified atom stereocenters. The average Bonchev–Trinajstić information content (AvgIpc) is 2.91. The van der Waals surface area contributed by atoms with Gasteiger partial charge in [-0.25, -0.2) is 4.39 Å². The monoisotopic (exact) mass is 308 g/mol. The first-order valence-corrected chi connectivity index (χ1v) is 7.92. The summed E-state index contributed by atoms with van der Waals surface area (Å²) in [5, 5.41) is 20.7. The summed E-state index contributed by atoms with van der Waals surface area (Å²) in [7, 11) is 0. The molecule has 0 spiro atoms. The standard InChI is InChI=1S/C13H13FN4S2/c1-2-5-16-12-17-18-13(20-12)19-8-10-4-3-9(7-15)6-11(10)14/h3-4,6H,2,5,8H2,1H3,(H,16,17). The second-order valence-electron chi connectivity index (χ2n) is 4.01. The molecule has 0 aliphatic carbocycles. The van der Waals surface area contributed by atoms with Crippen LogP contribution in [0.5, 0.6) is 0 Å². The molecule has 0 saturated carbocycles. The van der Waals surface area contributed by atoms with E-state index in [1.165, 1.54) is 29.2 Å². The van der Waals surface area contributed by atoms with Crippen LogP contribution in [0, 0.1) is 17.1 Å². The summed E-state index contributed by atoms with van der Waals surface area (Å²) in [6.07, 6.45) is 1.03. The van der Waals surface area contributed by atoms with Crippen LogP contribution in [-0.2, 0) is 5.75 Å². The van der Waals surface area contributed by atoms with Gasteiger partial charge >= 0.3 is 0 Å². The van der Waals surface area contributed by atoms with Crippen LogP contribution in [0.4, 0.5) is 9.52 Å². The first-order chi connectivity index (χ1) is 9.72. The number of aromatic nitrogens is 2. The van der Waals surface area contributed by atoms with Crippen molar-refractivity contribution in [1.82, 2.24) is 10.2 Å². The number of nitrogens with zero attached hydrogens (tertiary/aromatic N) is 3. The Hall–Kier alpha value is -1.65. The Morgan fingerprint density at radius 3 is 3.00 bits per heavy atom. The molecule has 4 nitrogen and oxygen atoms in total. The number of rotatable bonds is 6. The molecule has 104 valence electrons. The molecule has 0 bridgehead atoms. The van der Waals surface area contributed by atoms with Crippen molar-refractivity contribution >= 4 is 28.2 Å². The zero-order valence-corrected chi connectivity index (χ0v) is 12.5. The van der Waals surface area contributed by atoms with Crippen LogP contribution in [-0.4, -0.2) is 16.7 Å². The minimum absolute atomic E-state index is 0.332. The van der Waals surface area contributed by atoms with Crippen molar-refractivity contribution in [2.75, 3.05) is 11.9 Å². The van der Waals surface area contributed by atoms with Gasteiger partial charge in [-0.1, -0.05) is 36.1 Å². The van der Waals surface area contributed by atoms with Crippen molar-refractivity contribution < 1.29 is 4.39 Å². The molecule has 0 amide bonds. The number of benzene rings is 1. The third kappa shape index (κ3) is 3.92. The fraction of sp³-hybridized carbons (Fsp3) is 0.308. The Morgan fingerprint density at radius 1 is 1.45 bits per heavy atom. The molecule has 2 rings (SSSR count). The van der Waals surface area contributed by atoms with E-state index in [1.54, 1.807) is 12.1 Å². The minimum Gasteiger partial charge on any atom is -0.360 e. The summed E-state index contributed by atoms with van der Waals surface area (Å²) in [6.45, 7) is 2.95. The molecule has 1 N–H and O–H groups in total. The van der Waals surface area contributed by atoms with Gasteiger partial charge in [-0.3, -0.25) is 0 Å². The van der Waals surface area contributed by atoms with E-state index in [0.717, 1.165) is 22.4 Å². The van der Waals surface area contributed by atoms with Crippen LogP contribution in [0.3, 0.4) is 0 Å². The zero-order valence-electron chi connectivity index (χ0n) is 10.9. The summed E-state index contributed by atoms with van der Waals surface area (Å²) in [6, 6.07) is 6.43. The molecule has 1 aromatic carbocycles. The predicted octanol–water partition coefficient (Wildman–Crippen LogP) is 3.66. The fourth-order valence-corrected chi connectivity index (χ4v) is 3.21. The highest BCUT2D eigenvalue weighted by atomic mass is 32.2. The third-order valence-corrected chi connectivity index (χ3v) is 4.53. The highest BCUT2D eigenvalue weighted by Crippen LogP contribution is 2.29. The van der Waals surface area contributed by atoms with Crippen molar-refractivity contribution in [2.45, 2.75) is 23.4 Å². The lowest BCUT2D eigenvalue weighted by Crippen LogP contribution is -1.98. The number of nitrogens with one attached hydrogen (secondary N) is 1. The molecule has 2 aromatic rings. The predicted molar refractivity (Wildman–Crippen MR) is 79.4 cm³/mol. The summed E-state index contributed by atoms with van der Waals surface area (Å²) >= 11 is 2.90. The largest absolute Gasteiger partial charge is 0.360 e. The molecule has 1 aromatic heterocycles. The van der Waals surface area contributed by atoms with Crippen LogP contribution in [0.1, 0.15) is 24.5 Å². The molecule has 0 radical (unpaired) electrons.